The predicted molar refractivity (Wildman–Crippen MR) is 122 cm³/mol. The predicted octanol–water partition coefficient (Wildman–Crippen LogP) is 4.82. The Morgan fingerprint density at radius 2 is 1.58 bits per heavy atom. The first kappa shape index (κ1) is 21.1. The van der Waals surface area contributed by atoms with Gasteiger partial charge in [-0.25, -0.2) is 0 Å². The summed E-state index contributed by atoms with van der Waals surface area (Å²) in [5.74, 6) is -0.0439. The smallest absolute Gasteiger partial charge is 0.253 e. The second-order valence-electron chi connectivity index (χ2n) is 7.69. The van der Waals surface area contributed by atoms with E-state index < -0.39 is 0 Å². The van der Waals surface area contributed by atoms with Crippen molar-refractivity contribution in [3.63, 3.8) is 0 Å². The SMILES string of the molecule is O=C(c1ccc(Cl)cc1)N1CCC(C(=O)N(Cc2ccccc2)c2ccncc2)CC1. The quantitative estimate of drug-likeness (QED) is 0.579. The van der Waals surface area contributed by atoms with Gasteiger partial charge in [-0.3, -0.25) is 14.6 Å². The van der Waals surface area contributed by atoms with E-state index in [0.29, 0.717) is 43.1 Å². The van der Waals surface area contributed by atoms with E-state index in [4.69, 9.17) is 11.6 Å². The zero-order valence-corrected chi connectivity index (χ0v) is 17.9. The standard InChI is InChI=1S/C25H24ClN3O2/c26-22-8-6-20(7-9-22)24(30)28-16-12-21(13-17-28)25(31)29(23-10-14-27-15-11-23)18-19-4-2-1-3-5-19/h1-11,14-15,21H,12-13,16-18H2. The highest BCUT2D eigenvalue weighted by molar-refractivity contribution is 6.30. The lowest BCUT2D eigenvalue weighted by Crippen LogP contribution is -2.44. The number of amides is 2. The summed E-state index contributed by atoms with van der Waals surface area (Å²) in [6, 6.07) is 20.6. The van der Waals surface area contributed by atoms with Gasteiger partial charge in [0.05, 0.1) is 6.54 Å². The normalized spacial score (nSPS) is 14.3. The van der Waals surface area contributed by atoms with Gasteiger partial charge in [0.25, 0.3) is 5.91 Å². The molecule has 2 aromatic carbocycles. The second kappa shape index (κ2) is 9.75. The number of likely N-dealkylation sites (tertiary alicyclic amines) is 1. The fraction of sp³-hybridized carbons (Fsp3) is 0.240. The lowest BCUT2D eigenvalue weighted by molar-refractivity contribution is -0.123. The Kier molecular flexibility index (Phi) is 6.63. The van der Waals surface area contributed by atoms with Crippen molar-refractivity contribution >= 4 is 29.1 Å². The van der Waals surface area contributed by atoms with Crippen molar-refractivity contribution < 1.29 is 9.59 Å². The van der Waals surface area contributed by atoms with Crippen molar-refractivity contribution in [2.75, 3.05) is 18.0 Å². The second-order valence-corrected chi connectivity index (χ2v) is 8.13. The lowest BCUT2D eigenvalue weighted by atomic mass is 9.94. The molecule has 1 aliphatic rings. The van der Waals surface area contributed by atoms with E-state index in [1.807, 2.05) is 52.3 Å². The number of benzene rings is 2. The highest BCUT2D eigenvalue weighted by Gasteiger charge is 2.31. The number of aromatic nitrogens is 1. The monoisotopic (exact) mass is 433 g/mol. The van der Waals surface area contributed by atoms with Gasteiger partial charge >= 0.3 is 0 Å². The van der Waals surface area contributed by atoms with E-state index in [1.165, 1.54) is 0 Å². The van der Waals surface area contributed by atoms with Gasteiger partial charge in [-0.1, -0.05) is 41.9 Å². The number of hydrogen-bond acceptors (Lipinski definition) is 3. The van der Waals surface area contributed by atoms with E-state index in [1.54, 1.807) is 36.7 Å². The van der Waals surface area contributed by atoms with Crippen molar-refractivity contribution in [3.05, 3.63) is 95.3 Å². The number of pyridine rings is 1. The van der Waals surface area contributed by atoms with Gasteiger partial charge in [0, 0.05) is 47.7 Å². The van der Waals surface area contributed by atoms with Gasteiger partial charge in [0.15, 0.2) is 0 Å². The van der Waals surface area contributed by atoms with Crippen LogP contribution in [0.2, 0.25) is 5.02 Å². The molecule has 1 aliphatic heterocycles. The number of nitrogens with zero attached hydrogens (tertiary/aromatic N) is 3. The number of piperidine rings is 1. The Hall–Kier alpha value is -3.18. The fourth-order valence-electron chi connectivity index (χ4n) is 3.91. The Morgan fingerprint density at radius 1 is 0.935 bits per heavy atom. The van der Waals surface area contributed by atoms with Gasteiger partial charge in [0.1, 0.15) is 0 Å². The van der Waals surface area contributed by atoms with Gasteiger partial charge in [-0.15, -0.1) is 0 Å². The molecule has 2 amide bonds. The molecule has 5 nitrogen and oxygen atoms in total. The molecule has 0 aliphatic carbocycles. The van der Waals surface area contributed by atoms with Crippen LogP contribution < -0.4 is 4.90 Å². The molecule has 2 heterocycles. The molecule has 1 saturated heterocycles. The van der Waals surface area contributed by atoms with Gasteiger partial charge in [-0.2, -0.15) is 0 Å². The van der Waals surface area contributed by atoms with Crippen LogP contribution in [0.1, 0.15) is 28.8 Å². The maximum Gasteiger partial charge on any atom is 0.253 e. The molecule has 0 spiro atoms. The number of anilines is 1. The lowest BCUT2D eigenvalue weighted by Gasteiger charge is -2.34. The van der Waals surface area contributed by atoms with E-state index in [-0.39, 0.29) is 17.7 Å². The van der Waals surface area contributed by atoms with E-state index in [9.17, 15) is 9.59 Å². The summed E-state index contributed by atoms with van der Waals surface area (Å²) >= 11 is 5.92. The van der Waals surface area contributed by atoms with Crippen LogP contribution in [-0.4, -0.2) is 34.8 Å². The van der Waals surface area contributed by atoms with Crippen LogP contribution in [0.5, 0.6) is 0 Å². The molecule has 1 fully saturated rings. The van der Waals surface area contributed by atoms with Gasteiger partial charge in [-0.05, 0) is 54.8 Å². The number of rotatable bonds is 5. The molecule has 6 heteroatoms. The third-order valence-corrected chi connectivity index (χ3v) is 5.90. The topological polar surface area (TPSA) is 53.5 Å². The number of carbonyl (C=O) groups is 2. The Morgan fingerprint density at radius 3 is 2.23 bits per heavy atom. The Bertz CT molecular complexity index is 1020. The molecule has 31 heavy (non-hydrogen) atoms. The summed E-state index contributed by atoms with van der Waals surface area (Å²) in [4.78, 5) is 34.0. The average molecular weight is 434 g/mol. The van der Waals surface area contributed by atoms with Crippen LogP contribution in [-0.2, 0) is 11.3 Å². The van der Waals surface area contributed by atoms with E-state index >= 15 is 0 Å². The zero-order valence-electron chi connectivity index (χ0n) is 17.2. The van der Waals surface area contributed by atoms with Crippen LogP contribution >= 0.6 is 11.6 Å². The maximum atomic E-state index is 13.5. The van der Waals surface area contributed by atoms with Gasteiger partial charge in [0.2, 0.25) is 5.91 Å². The maximum absolute atomic E-state index is 13.5. The molecule has 0 saturated carbocycles. The Labute approximate surface area is 187 Å². The zero-order chi connectivity index (χ0) is 21.6. The molecule has 0 unspecified atom stereocenters. The number of carbonyl (C=O) groups excluding carboxylic acids is 2. The largest absolute Gasteiger partial charge is 0.339 e. The fourth-order valence-corrected chi connectivity index (χ4v) is 4.04. The van der Waals surface area contributed by atoms with Crippen molar-refractivity contribution in [3.8, 4) is 0 Å². The minimum atomic E-state index is -0.119. The highest BCUT2D eigenvalue weighted by Crippen LogP contribution is 2.26. The summed E-state index contributed by atoms with van der Waals surface area (Å²) in [5.41, 5.74) is 2.53. The van der Waals surface area contributed by atoms with Gasteiger partial charge < -0.3 is 9.80 Å². The van der Waals surface area contributed by atoms with Crippen LogP contribution in [0.15, 0.2) is 79.1 Å². The first-order valence-electron chi connectivity index (χ1n) is 10.4. The number of hydrogen-bond donors (Lipinski definition) is 0. The summed E-state index contributed by atoms with van der Waals surface area (Å²) < 4.78 is 0. The number of halogens is 1. The Balaban J connectivity index is 1.45. The van der Waals surface area contributed by atoms with Crippen molar-refractivity contribution in [2.24, 2.45) is 5.92 Å². The first-order valence-corrected chi connectivity index (χ1v) is 10.8. The molecule has 0 N–H and O–H groups in total. The summed E-state index contributed by atoms with van der Waals surface area (Å²) in [7, 11) is 0. The molecule has 0 atom stereocenters. The van der Waals surface area contributed by atoms with Crippen molar-refractivity contribution in [1.29, 1.82) is 0 Å². The van der Waals surface area contributed by atoms with Crippen LogP contribution in [0.4, 0.5) is 5.69 Å². The molecular weight excluding hydrogens is 410 g/mol. The minimum absolute atomic E-state index is 0.0159. The van der Waals surface area contributed by atoms with Crippen LogP contribution in [0.3, 0.4) is 0 Å². The van der Waals surface area contributed by atoms with Crippen LogP contribution in [0, 0.1) is 5.92 Å². The van der Waals surface area contributed by atoms with E-state index in [0.717, 1.165) is 11.3 Å². The summed E-state index contributed by atoms with van der Waals surface area (Å²) in [6.45, 7) is 1.63. The van der Waals surface area contributed by atoms with E-state index in [2.05, 4.69) is 4.98 Å². The molecule has 158 valence electrons. The highest BCUT2D eigenvalue weighted by atomic mass is 35.5. The molecular formula is C25H24ClN3O2. The third kappa shape index (κ3) is 5.12. The van der Waals surface area contributed by atoms with Crippen molar-refractivity contribution in [2.45, 2.75) is 19.4 Å². The summed E-state index contributed by atoms with van der Waals surface area (Å²) in [6.07, 6.45) is 4.70. The molecule has 1 aromatic heterocycles. The molecule has 0 bridgehead atoms. The van der Waals surface area contributed by atoms with Crippen molar-refractivity contribution in [1.82, 2.24) is 9.88 Å². The first-order chi connectivity index (χ1) is 15.1. The van der Waals surface area contributed by atoms with Crippen LogP contribution in [0.25, 0.3) is 0 Å². The summed E-state index contributed by atoms with van der Waals surface area (Å²) in [5, 5.41) is 0.607. The average Bonchev–Trinajstić information content (AvgIpc) is 2.83. The minimum Gasteiger partial charge on any atom is -0.339 e. The molecule has 4 rings (SSSR count). The molecule has 0 radical (unpaired) electrons. The molecule has 3 aromatic rings. The third-order valence-electron chi connectivity index (χ3n) is 5.65.